The van der Waals surface area contributed by atoms with Crippen LogP contribution in [0.25, 0.3) is 0 Å². The highest BCUT2D eigenvalue weighted by molar-refractivity contribution is 14.1. The van der Waals surface area contributed by atoms with Crippen molar-refractivity contribution < 1.29 is 18.3 Å². The first kappa shape index (κ1) is 11.5. The second kappa shape index (κ2) is 3.52. The van der Waals surface area contributed by atoms with Gasteiger partial charge in [0.1, 0.15) is 8.61 Å². The number of carboxylic acids is 1. The van der Waals surface area contributed by atoms with Gasteiger partial charge in [-0.2, -0.15) is 12.8 Å². The maximum absolute atomic E-state index is 11.6. The molecule has 0 spiro atoms. The van der Waals surface area contributed by atoms with Gasteiger partial charge in [0.15, 0.2) is 0 Å². The van der Waals surface area contributed by atoms with Crippen molar-refractivity contribution in [1.29, 1.82) is 0 Å². The summed E-state index contributed by atoms with van der Waals surface area (Å²) in [6.45, 7) is 1.56. The lowest BCUT2D eigenvalue weighted by molar-refractivity contribution is 0.0696. The lowest BCUT2D eigenvalue weighted by Gasteiger charge is -2.04. The lowest BCUT2D eigenvalue weighted by atomic mass is 10.1. The van der Waals surface area contributed by atoms with Crippen LogP contribution in [0.1, 0.15) is 21.5 Å². The van der Waals surface area contributed by atoms with Gasteiger partial charge < -0.3 is 5.11 Å². The quantitative estimate of drug-likeness (QED) is 0.779. The van der Waals surface area contributed by atoms with Crippen LogP contribution in [-0.4, -0.2) is 23.2 Å². The van der Waals surface area contributed by atoms with E-state index in [1.165, 1.54) is 12.1 Å². The number of carboxylic acid groups (broad SMARTS) is 1. The normalized spacial score (nSPS) is 16.8. The number of aromatic carboxylic acids is 1. The predicted molar refractivity (Wildman–Crippen MR) is 65.9 cm³/mol. The van der Waals surface area contributed by atoms with Crippen molar-refractivity contribution in [3.63, 3.8) is 0 Å². The molecule has 1 N–H and O–H groups in total. The van der Waals surface area contributed by atoms with Gasteiger partial charge in [0, 0.05) is 5.56 Å². The van der Waals surface area contributed by atoms with Crippen molar-refractivity contribution in [2.75, 3.05) is 0 Å². The molecule has 0 amide bonds. The Kier molecular flexibility index (Phi) is 2.54. The van der Waals surface area contributed by atoms with Crippen molar-refractivity contribution in [3.05, 3.63) is 28.8 Å². The van der Waals surface area contributed by atoms with E-state index in [2.05, 4.69) is 4.40 Å². The Morgan fingerprint density at radius 3 is 2.62 bits per heavy atom. The number of aryl methyl sites for hydroxylation is 1. The van der Waals surface area contributed by atoms with Gasteiger partial charge >= 0.3 is 5.97 Å². The first-order chi connectivity index (χ1) is 7.33. The van der Waals surface area contributed by atoms with E-state index in [1.54, 1.807) is 29.5 Å². The highest BCUT2D eigenvalue weighted by Crippen LogP contribution is 2.32. The largest absolute Gasteiger partial charge is 0.478 e. The third-order valence-electron chi connectivity index (χ3n) is 2.20. The highest BCUT2D eigenvalue weighted by atomic mass is 127. The molecule has 0 aromatic heterocycles. The first-order valence-corrected chi connectivity index (χ1v) is 6.73. The molecule has 0 radical (unpaired) electrons. The first-order valence-electron chi connectivity index (χ1n) is 4.22. The van der Waals surface area contributed by atoms with Gasteiger partial charge in [-0.15, -0.1) is 0 Å². The second-order valence-corrected chi connectivity index (χ2v) is 5.89. The maximum atomic E-state index is 11.6. The van der Waals surface area contributed by atoms with Gasteiger partial charge in [-0.25, -0.2) is 4.79 Å². The van der Waals surface area contributed by atoms with E-state index in [4.69, 9.17) is 5.11 Å². The van der Waals surface area contributed by atoms with Crippen molar-refractivity contribution >= 4 is 42.3 Å². The fraction of sp³-hybridized carbons (Fsp3) is 0.111. The third kappa shape index (κ3) is 1.63. The minimum absolute atomic E-state index is 0.0673. The molecule has 0 bridgehead atoms. The molecule has 84 valence electrons. The van der Waals surface area contributed by atoms with Gasteiger partial charge in [-0.3, -0.25) is 0 Å². The van der Waals surface area contributed by atoms with E-state index in [-0.39, 0.29) is 10.5 Å². The van der Waals surface area contributed by atoms with E-state index in [1.807, 2.05) is 0 Å². The number of hydrogen-bond acceptors (Lipinski definition) is 3. The van der Waals surface area contributed by atoms with E-state index >= 15 is 0 Å². The molecule has 1 aromatic rings. The van der Waals surface area contributed by atoms with Crippen molar-refractivity contribution in [3.8, 4) is 0 Å². The number of carbonyl (C=O) groups is 1. The van der Waals surface area contributed by atoms with Crippen LogP contribution in [0.4, 0.5) is 0 Å². The Morgan fingerprint density at radius 2 is 2.06 bits per heavy atom. The number of rotatable bonds is 1. The third-order valence-corrected chi connectivity index (χ3v) is 4.83. The summed E-state index contributed by atoms with van der Waals surface area (Å²) in [5.41, 5.74) is 0.848. The summed E-state index contributed by atoms with van der Waals surface area (Å²) >= 11 is 1.78. The zero-order valence-corrected chi connectivity index (χ0v) is 11.0. The Labute approximate surface area is 105 Å². The molecule has 1 heterocycles. The molecule has 7 heteroatoms. The number of halogens is 1. The summed E-state index contributed by atoms with van der Waals surface area (Å²) < 4.78 is 27.1. The number of benzene rings is 1. The molecule has 0 saturated carbocycles. The maximum Gasteiger partial charge on any atom is 0.335 e. The summed E-state index contributed by atoms with van der Waals surface area (Å²) in [5.74, 6) is -1.08. The molecule has 1 aromatic carbocycles. The number of hydrogen-bond donors (Lipinski definition) is 1. The minimum atomic E-state index is -3.64. The van der Waals surface area contributed by atoms with Crippen LogP contribution in [-0.2, 0) is 10.0 Å². The topological polar surface area (TPSA) is 83.8 Å². The van der Waals surface area contributed by atoms with Crippen LogP contribution < -0.4 is 0 Å². The fourth-order valence-corrected chi connectivity index (χ4v) is 4.28. The molecule has 0 unspecified atom stereocenters. The summed E-state index contributed by atoms with van der Waals surface area (Å²) in [5, 5.41) is 8.87. The molecule has 0 saturated heterocycles. The molecule has 0 fully saturated rings. The molecule has 1 aliphatic rings. The molecular weight excluding hydrogens is 345 g/mol. The average molecular weight is 351 g/mol. The monoisotopic (exact) mass is 351 g/mol. The van der Waals surface area contributed by atoms with Crippen molar-refractivity contribution in [2.45, 2.75) is 11.8 Å². The average Bonchev–Trinajstić information content (AvgIpc) is 2.37. The minimum Gasteiger partial charge on any atom is -0.478 e. The Morgan fingerprint density at radius 1 is 1.44 bits per heavy atom. The Hall–Kier alpha value is -0.960. The van der Waals surface area contributed by atoms with Gasteiger partial charge in [0.05, 0.1) is 5.56 Å². The van der Waals surface area contributed by atoms with E-state index in [0.717, 1.165) is 0 Å². The van der Waals surface area contributed by atoms with Crippen LogP contribution in [0.5, 0.6) is 0 Å². The summed E-state index contributed by atoms with van der Waals surface area (Å²) in [7, 11) is -3.64. The van der Waals surface area contributed by atoms with Crippen molar-refractivity contribution in [1.82, 2.24) is 0 Å². The van der Waals surface area contributed by atoms with E-state index < -0.39 is 16.0 Å². The van der Waals surface area contributed by atoms with E-state index in [9.17, 15) is 13.2 Å². The predicted octanol–water partition coefficient (Wildman–Crippen LogP) is 1.58. The van der Waals surface area contributed by atoms with Crippen LogP contribution in [0.3, 0.4) is 0 Å². The van der Waals surface area contributed by atoms with Gasteiger partial charge in [0.25, 0.3) is 10.0 Å². The van der Waals surface area contributed by atoms with Crippen LogP contribution >= 0.6 is 22.6 Å². The second-order valence-electron chi connectivity index (χ2n) is 3.33. The summed E-state index contributed by atoms with van der Waals surface area (Å²) in [4.78, 5) is 10.9. The molecule has 2 rings (SSSR count). The number of nitrogens with zero attached hydrogens (tertiary/aromatic N) is 1. The van der Waals surface area contributed by atoms with Crippen LogP contribution in [0, 0.1) is 6.92 Å². The van der Waals surface area contributed by atoms with Crippen LogP contribution in [0.2, 0.25) is 0 Å². The van der Waals surface area contributed by atoms with Gasteiger partial charge in [-0.1, -0.05) is 0 Å². The van der Waals surface area contributed by atoms with Gasteiger partial charge in [0.2, 0.25) is 0 Å². The van der Waals surface area contributed by atoms with Crippen molar-refractivity contribution in [2.24, 2.45) is 4.40 Å². The van der Waals surface area contributed by atoms with Crippen LogP contribution in [0.15, 0.2) is 21.4 Å². The Balaban J connectivity index is 2.83. The standard InChI is InChI=1S/C9H6INO4S/c1-4-2-5(9(12)13)3-6-7(4)16(14,15)11-8(6)10/h2-3H,1H3,(H,12,13). The summed E-state index contributed by atoms with van der Waals surface area (Å²) in [6, 6.07) is 2.67. The zero-order chi connectivity index (χ0) is 12.1. The van der Waals surface area contributed by atoms with E-state index in [0.29, 0.717) is 14.8 Å². The number of sulfonamides is 1. The molecule has 0 aliphatic carbocycles. The molecule has 16 heavy (non-hydrogen) atoms. The Bertz CT molecular complexity index is 633. The smallest absolute Gasteiger partial charge is 0.335 e. The fourth-order valence-electron chi connectivity index (χ4n) is 1.59. The SMILES string of the molecule is Cc1cc(C(=O)O)cc2c1S(=O)(=O)N=C2I. The molecular formula is C9H6INO4S. The van der Waals surface area contributed by atoms with Gasteiger partial charge in [-0.05, 0) is 47.2 Å². The number of fused-ring (bicyclic) bond motifs is 1. The lowest BCUT2D eigenvalue weighted by Crippen LogP contribution is -2.03. The molecule has 0 atom stereocenters. The summed E-state index contributed by atoms with van der Waals surface area (Å²) in [6.07, 6.45) is 0. The molecule has 1 aliphatic heterocycles. The zero-order valence-electron chi connectivity index (χ0n) is 8.06. The molecule has 5 nitrogen and oxygen atoms in total. The highest BCUT2D eigenvalue weighted by Gasteiger charge is 2.30.